The molecule has 0 amide bonds. The van der Waals surface area contributed by atoms with Gasteiger partial charge >= 0.3 is 0 Å². The number of rotatable bonds is 2. The van der Waals surface area contributed by atoms with Gasteiger partial charge in [0.1, 0.15) is 18.1 Å². The molecule has 3 aromatic carbocycles. The Kier molecular flexibility index (Phi) is 3.29. The highest BCUT2D eigenvalue weighted by molar-refractivity contribution is 5.90. The van der Waals surface area contributed by atoms with Gasteiger partial charge in [0.15, 0.2) is 0 Å². The number of benzene rings is 3. The van der Waals surface area contributed by atoms with Crippen LogP contribution >= 0.6 is 0 Å². The normalized spacial score (nSPS) is 19.3. The van der Waals surface area contributed by atoms with Crippen molar-refractivity contribution in [2.45, 2.75) is 19.3 Å². The molecule has 1 heterocycles. The van der Waals surface area contributed by atoms with E-state index in [0.717, 1.165) is 38.8 Å². The van der Waals surface area contributed by atoms with Crippen molar-refractivity contribution in [3.63, 3.8) is 0 Å². The minimum absolute atomic E-state index is 0.0440. The quantitative estimate of drug-likeness (QED) is 0.754. The molecular weight excluding hydrogens is 300 g/mol. The summed E-state index contributed by atoms with van der Waals surface area (Å²) in [5.41, 5.74) is 3.03. The van der Waals surface area contributed by atoms with Gasteiger partial charge in [-0.05, 0) is 47.4 Å². The number of aromatic hydroxyl groups is 1. The molecule has 0 aromatic heterocycles. The summed E-state index contributed by atoms with van der Waals surface area (Å²) in [6, 6.07) is 16.1. The van der Waals surface area contributed by atoms with Crippen molar-refractivity contribution < 1.29 is 14.9 Å². The van der Waals surface area contributed by atoms with E-state index in [1.165, 1.54) is 0 Å². The van der Waals surface area contributed by atoms with Crippen molar-refractivity contribution in [3.05, 3.63) is 70.8 Å². The largest absolute Gasteiger partial charge is 0.507 e. The minimum Gasteiger partial charge on any atom is -0.507 e. The molecule has 0 spiro atoms. The topological polar surface area (TPSA) is 49.7 Å². The van der Waals surface area contributed by atoms with E-state index in [1.54, 1.807) is 0 Å². The van der Waals surface area contributed by atoms with Crippen LogP contribution in [0.5, 0.6) is 11.5 Å². The van der Waals surface area contributed by atoms with Gasteiger partial charge < -0.3 is 14.9 Å². The van der Waals surface area contributed by atoms with Crippen LogP contribution in [0.3, 0.4) is 0 Å². The second-order valence-electron chi connectivity index (χ2n) is 6.65. The molecule has 1 aliphatic heterocycles. The molecule has 1 atom stereocenters. The molecule has 0 fully saturated rings. The standard InChI is InChI=1S/C21H20O3/c1-13-9-16(10-14(2)20(13)23)21(11-22)12-24-18-8-7-15-5-3-4-6-17(15)19(18)21/h3-10,22-23H,11-12H2,1-2H3/t21-/m1/s1. The molecule has 3 nitrogen and oxygen atoms in total. The van der Waals surface area contributed by atoms with Crippen molar-refractivity contribution in [1.82, 2.24) is 0 Å². The lowest BCUT2D eigenvalue weighted by Crippen LogP contribution is -2.34. The van der Waals surface area contributed by atoms with E-state index in [-0.39, 0.29) is 6.61 Å². The molecule has 0 saturated carbocycles. The van der Waals surface area contributed by atoms with E-state index >= 15 is 0 Å². The van der Waals surface area contributed by atoms with Gasteiger partial charge in [-0.2, -0.15) is 0 Å². The van der Waals surface area contributed by atoms with Gasteiger partial charge in [0.2, 0.25) is 0 Å². The van der Waals surface area contributed by atoms with Crippen molar-refractivity contribution in [2.24, 2.45) is 0 Å². The summed E-state index contributed by atoms with van der Waals surface area (Å²) in [5.74, 6) is 1.13. The van der Waals surface area contributed by atoms with E-state index < -0.39 is 5.41 Å². The summed E-state index contributed by atoms with van der Waals surface area (Å²) in [5, 5.41) is 22.7. The third-order valence-electron chi connectivity index (χ3n) is 5.16. The van der Waals surface area contributed by atoms with Crippen molar-refractivity contribution in [2.75, 3.05) is 13.2 Å². The van der Waals surface area contributed by atoms with E-state index in [1.807, 2.05) is 44.2 Å². The Morgan fingerprint density at radius 3 is 2.46 bits per heavy atom. The van der Waals surface area contributed by atoms with E-state index in [4.69, 9.17) is 4.74 Å². The van der Waals surface area contributed by atoms with Crippen LogP contribution in [0.1, 0.15) is 22.3 Å². The van der Waals surface area contributed by atoms with Crippen molar-refractivity contribution >= 4 is 10.8 Å². The molecule has 122 valence electrons. The molecule has 0 aliphatic carbocycles. The molecule has 0 saturated heterocycles. The van der Waals surface area contributed by atoms with Gasteiger partial charge in [-0.1, -0.05) is 42.5 Å². The fraction of sp³-hybridized carbons (Fsp3) is 0.238. The van der Waals surface area contributed by atoms with Crippen LogP contribution in [0.15, 0.2) is 48.5 Å². The van der Waals surface area contributed by atoms with Crippen LogP contribution in [0.25, 0.3) is 10.8 Å². The number of hydrogen-bond acceptors (Lipinski definition) is 3. The maximum absolute atomic E-state index is 10.4. The summed E-state index contributed by atoms with van der Waals surface area (Å²) in [6.07, 6.45) is 0. The second kappa shape index (κ2) is 5.25. The Morgan fingerprint density at radius 1 is 1.04 bits per heavy atom. The molecule has 24 heavy (non-hydrogen) atoms. The minimum atomic E-state index is -0.612. The van der Waals surface area contributed by atoms with Gasteiger partial charge in [0.25, 0.3) is 0 Å². The third-order valence-corrected chi connectivity index (χ3v) is 5.16. The fourth-order valence-corrected chi connectivity index (χ4v) is 3.81. The molecular formula is C21H20O3. The summed E-state index contributed by atoms with van der Waals surface area (Å²) in [6.45, 7) is 4.13. The number of phenolic OH excluding ortho intramolecular Hbond substituents is 1. The van der Waals surface area contributed by atoms with Gasteiger partial charge in [-0.15, -0.1) is 0 Å². The zero-order valence-corrected chi connectivity index (χ0v) is 13.8. The number of fused-ring (bicyclic) bond motifs is 3. The van der Waals surface area contributed by atoms with Crippen LogP contribution in [-0.2, 0) is 5.41 Å². The van der Waals surface area contributed by atoms with Crippen LogP contribution in [-0.4, -0.2) is 23.4 Å². The number of ether oxygens (including phenoxy) is 1. The third kappa shape index (κ3) is 1.95. The van der Waals surface area contributed by atoms with Gasteiger partial charge in [0.05, 0.1) is 12.0 Å². The van der Waals surface area contributed by atoms with Crippen LogP contribution in [0, 0.1) is 13.8 Å². The molecule has 0 bridgehead atoms. The lowest BCUT2D eigenvalue weighted by Gasteiger charge is -2.28. The number of aliphatic hydroxyl groups excluding tert-OH is 1. The zero-order chi connectivity index (χ0) is 16.9. The number of aliphatic hydroxyl groups is 1. The highest BCUT2D eigenvalue weighted by Gasteiger charge is 2.43. The molecule has 1 aliphatic rings. The SMILES string of the molecule is Cc1cc([C@@]2(CO)COc3ccc4ccccc4c32)cc(C)c1O. The Labute approximate surface area is 141 Å². The Hall–Kier alpha value is -2.52. The molecule has 3 aromatic rings. The number of phenols is 1. The maximum Gasteiger partial charge on any atom is 0.124 e. The van der Waals surface area contributed by atoms with Crippen LogP contribution < -0.4 is 4.74 Å². The lowest BCUT2D eigenvalue weighted by molar-refractivity contribution is 0.185. The summed E-state index contributed by atoms with van der Waals surface area (Å²) in [4.78, 5) is 0. The molecule has 4 rings (SSSR count). The summed E-state index contributed by atoms with van der Waals surface area (Å²) in [7, 11) is 0. The lowest BCUT2D eigenvalue weighted by atomic mass is 9.74. The van der Waals surface area contributed by atoms with E-state index in [2.05, 4.69) is 18.2 Å². The number of hydrogen-bond donors (Lipinski definition) is 2. The average molecular weight is 320 g/mol. The highest BCUT2D eigenvalue weighted by atomic mass is 16.5. The van der Waals surface area contributed by atoms with Gasteiger partial charge in [0, 0.05) is 5.56 Å². The average Bonchev–Trinajstić information content (AvgIpc) is 2.99. The monoisotopic (exact) mass is 320 g/mol. The number of aryl methyl sites for hydroxylation is 2. The maximum atomic E-state index is 10.4. The smallest absolute Gasteiger partial charge is 0.124 e. The molecule has 3 heteroatoms. The molecule has 2 N–H and O–H groups in total. The summed E-state index contributed by atoms with van der Waals surface area (Å²) < 4.78 is 5.96. The van der Waals surface area contributed by atoms with Gasteiger partial charge in [-0.25, -0.2) is 0 Å². The Morgan fingerprint density at radius 2 is 1.75 bits per heavy atom. The Bertz CT molecular complexity index is 922. The highest BCUT2D eigenvalue weighted by Crippen LogP contribution is 2.47. The first-order chi connectivity index (χ1) is 11.6. The Balaban J connectivity index is 2.04. The predicted octanol–water partition coefficient (Wildman–Crippen LogP) is 3.83. The van der Waals surface area contributed by atoms with Crippen molar-refractivity contribution in [3.8, 4) is 11.5 Å². The summed E-state index contributed by atoms with van der Waals surface area (Å²) >= 11 is 0. The predicted molar refractivity (Wildman–Crippen MR) is 94.9 cm³/mol. The van der Waals surface area contributed by atoms with Crippen LogP contribution in [0.4, 0.5) is 0 Å². The van der Waals surface area contributed by atoms with Gasteiger partial charge in [-0.3, -0.25) is 0 Å². The first kappa shape index (κ1) is 15.0. The van der Waals surface area contributed by atoms with Crippen molar-refractivity contribution in [1.29, 1.82) is 0 Å². The first-order valence-electron chi connectivity index (χ1n) is 8.13. The van der Waals surface area contributed by atoms with E-state index in [0.29, 0.717) is 12.4 Å². The second-order valence-corrected chi connectivity index (χ2v) is 6.65. The fourth-order valence-electron chi connectivity index (χ4n) is 3.81. The van der Waals surface area contributed by atoms with E-state index in [9.17, 15) is 10.2 Å². The van der Waals surface area contributed by atoms with Crippen LogP contribution in [0.2, 0.25) is 0 Å². The zero-order valence-electron chi connectivity index (χ0n) is 13.8. The molecule has 0 radical (unpaired) electrons. The first-order valence-corrected chi connectivity index (χ1v) is 8.13. The molecule has 0 unspecified atom stereocenters.